The lowest BCUT2D eigenvalue weighted by molar-refractivity contribution is 0.333. The smallest absolute Gasteiger partial charge is 0.258 e. The van der Waals surface area contributed by atoms with Gasteiger partial charge in [-0.1, -0.05) is 18.0 Å². The average Bonchev–Trinajstić information content (AvgIpc) is 2.94. The fourth-order valence-corrected chi connectivity index (χ4v) is 4.76. The third-order valence-electron chi connectivity index (χ3n) is 4.63. The molecule has 124 valence electrons. The van der Waals surface area contributed by atoms with Crippen LogP contribution in [0.2, 0.25) is 0 Å². The summed E-state index contributed by atoms with van der Waals surface area (Å²) in [5, 5.41) is 8.15. The Bertz CT molecular complexity index is 815. The molecule has 2 fully saturated rings. The maximum absolute atomic E-state index is 12.7. The molecule has 23 heavy (non-hydrogen) atoms. The van der Waals surface area contributed by atoms with Crippen molar-refractivity contribution in [2.45, 2.75) is 55.0 Å². The number of rotatable bonds is 5. The summed E-state index contributed by atoms with van der Waals surface area (Å²) in [5.74, 6) is 1.44. The van der Waals surface area contributed by atoms with Crippen LogP contribution in [0.15, 0.2) is 21.8 Å². The first kappa shape index (κ1) is 14.8. The Labute approximate surface area is 134 Å². The van der Waals surface area contributed by atoms with Gasteiger partial charge in [-0.2, -0.15) is 14.8 Å². The quantitative estimate of drug-likeness (QED) is 0.885. The molecule has 4 rings (SSSR count). The molecule has 2 aliphatic rings. The predicted molar refractivity (Wildman–Crippen MR) is 79.9 cm³/mol. The van der Waals surface area contributed by atoms with E-state index in [9.17, 15) is 8.42 Å². The molecule has 2 aromatic rings. The Balaban J connectivity index is 1.68. The minimum absolute atomic E-state index is 0.134. The Morgan fingerprint density at radius 3 is 2.70 bits per heavy atom. The van der Waals surface area contributed by atoms with Gasteiger partial charge in [0.05, 0.1) is 11.7 Å². The van der Waals surface area contributed by atoms with Gasteiger partial charge in [-0.15, -0.1) is 0 Å². The zero-order valence-corrected chi connectivity index (χ0v) is 13.7. The second-order valence-corrected chi connectivity index (χ2v) is 8.05. The minimum atomic E-state index is -3.70. The molecule has 1 N–H and O–H groups in total. The molecule has 0 radical (unpaired) electrons. The molecule has 2 aromatic heterocycles. The predicted octanol–water partition coefficient (Wildman–Crippen LogP) is 1.43. The third-order valence-corrected chi connectivity index (χ3v) is 6.24. The fraction of sp³-hybridized carbons (Fsp3) is 0.643. The number of nitrogens with zero attached hydrogens (tertiary/aromatic N) is 4. The van der Waals surface area contributed by atoms with Gasteiger partial charge in [0.2, 0.25) is 5.89 Å². The lowest BCUT2D eigenvalue weighted by atomic mass is 9.98. The summed E-state index contributed by atoms with van der Waals surface area (Å²) in [6.07, 6.45) is 6.81. The van der Waals surface area contributed by atoms with Crippen LogP contribution in [0.25, 0.3) is 0 Å². The van der Waals surface area contributed by atoms with E-state index in [0.29, 0.717) is 30.5 Å². The summed E-state index contributed by atoms with van der Waals surface area (Å²) >= 11 is 0. The largest absolute Gasteiger partial charge is 0.339 e. The number of nitrogens with one attached hydrogen (secondary N) is 1. The lowest BCUT2D eigenvalue weighted by Gasteiger charge is -2.26. The molecule has 0 unspecified atom stereocenters. The molecule has 0 aliphatic heterocycles. The van der Waals surface area contributed by atoms with Gasteiger partial charge in [0.15, 0.2) is 10.9 Å². The summed E-state index contributed by atoms with van der Waals surface area (Å²) in [5.41, 5.74) is -0.778. The van der Waals surface area contributed by atoms with Crippen molar-refractivity contribution in [1.29, 1.82) is 0 Å². The van der Waals surface area contributed by atoms with E-state index in [0.717, 1.165) is 25.7 Å². The Hall–Kier alpha value is -1.74. The van der Waals surface area contributed by atoms with Crippen molar-refractivity contribution in [3.05, 3.63) is 24.0 Å². The van der Waals surface area contributed by atoms with E-state index < -0.39 is 15.6 Å². The third kappa shape index (κ3) is 2.57. The summed E-state index contributed by atoms with van der Waals surface area (Å²) in [4.78, 5) is 4.49. The Morgan fingerprint density at radius 1 is 1.35 bits per heavy atom. The molecule has 8 nitrogen and oxygen atoms in total. The van der Waals surface area contributed by atoms with Crippen LogP contribution in [0.5, 0.6) is 0 Å². The first-order valence-electron chi connectivity index (χ1n) is 7.86. The second kappa shape index (κ2) is 5.13. The highest BCUT2D eigenvalue weighted by Crippen LogP contribution is 2.42. The minimum Gasteiger partial charge on any atom is -0.339 e. The van der Waals surface area contributed by atoms with Crippen molar-refractivity contribution >= 4 is 10.0 Å². The zero-order valence-electron chi connectivity index (χ0n) is 12.9. The maximum Gasteiger partial charge on any atom is 0.258 e. The first-order chi connectivity index (χ1) is 11.0. The van der Waals surface area contributed by atoms with Crippen molar-refractivity contribution in [1.82, 2.24) is 24.6 Å². The zero-order chi connectivity index (χ0) is 16.1. The highest BCUT2D eigenvalue weighted by molar-refractivity contribution is 7.89. The van der Waals surface area contributed by atoms with Gasteiger partial charge in [0.1, 0.15) is 0 Å². The van der Waals surface area contributed by atoms with Crippen molar-refractivity contribution in [2.24, 2.45) is 7.05 Å². The lowest BCUT2D eigenvalue weighted by Crippen LogP contribution is -2.45. The van der Waals surface area contributed by atoms with Crippen LogP contribution >= 0.6 is 0 Å². The van der Waals surface area contributed by atoms with Crippen LogP contribution in [-0.4, -0.2) is 28.3 Å². The van der Waals surface area contributed by atoms with E-state index in [1.807, 2.05) is 0 Å². The summed E-state index contributed by atoms with van der Waals surface area (Å²) < 4.78 is 35.0. The van der Waals surface area contributed by atoms with Crippen molar-refractivity contribution in [3.8, 4) is 0 Å². The number of aryl methyl sites for hydroxylation is 1. The normalized spacial score (nSPS) is 20.9. The van der Waals surface area contributed by atoms with Crippen LogP contribution in [0.4, 0.5) is 0 Å². The van der Waals surface area contributed by atoms with Crippen LogP contribution in [0.1, 0.15) is 56.2 Å². The standard InChI is InChI=1S/C14H19N5O3S/c1-19-11(6-9-15-19)23(20,21)18-14(7-2-3-8-14)13-16-12(22-17-13)10-4-5-10/h6,9-10,18H,2-5,7-8H2,1H3. The monoisotopic (exact) mass is 337 g/mol. The molecule has 0 amide bonds. The molecular formula is C14H19N5O3S. The first-order valence-corrected chi connectivity index (χ1v) is 9.35. The number of aromatic nitrogens is 4. The van der Waals surface area contributed by atoms with Crippen LogP contribution in [-0.2, 0) is 22.6 Å². The number of hydrogen-bond acceptors (Lipinski definition) is 6. The van der Waals surface area contributed by atoms with E-state index in [1.54, 1.807) is 7.05 Å². The Morgan fingerprint density at radius 2 is 2.09 bits per heavy atom. The van der Waals surface area contributed by atoms with Crippen molar-refractivity contribution < 1.29 is 12.9 Å². The van der Waals surface area contributed by atoms with Crippen molar-refractivity contribution in [2.75, 3.05) is 0 Å². The number of hydrogen-bond donors (Lipinski definition) is 1. The maximum atomic E-state index is 12.7. The average molecular weight is 337 g/mol. The summed E-state index contributed by atoms with van der Waals surface area (Å²) in [7, 11) is -2.10. The molecule has 2 aliphatic carbocycles. The van der Waals surface area contributed by atoms with E-state index in [-0.39, 0.29) is 5.03 Å². The van der Waals surface area contributed by atoms with E-state index >= 15 is 0 Å². The SMILES string of the molecule is Cn1nccc1S(=O)(=O)NC1(c2noc(C3CC3)n2)CCCC1. The summed E-state index contributed by atoms with van der Waals surface area (Å²) in [6.45, 7) is 0. The molecule has 2 heterocycles. The second-order valence-electron chi connectivity index (χ2n) is 6.42. The number of sulfonamides is 1. The molecule has 9 heteroatoms. The molecule has 0 bridgehead atoms. The van der Waals surface area contributed by atoms with Gasteiger partial charge in [0.25, 0.3) is 10.0 Å². The fourth-order valence-electron chi connectivity index (χ4n) is 3.21. The summed E-state index contributed by atoms with van der Waals surface area (Å²) in [6, 6.07) is 1.48. The topological polar surface area (TPSA) is 103 Å². The molecule has 0 saturated heterocycles. The molecule has 2 saturated carbocycles. The van der Waals surface area contributed by atoms with Crippen LogP contribution in [0.3, 0.4) is 0 Å². The van der Waals surface area contributed by atoms with E-state index in [1.165, 1.54) is 16.9 Å². The van der Waals surface area contributed by atoms with Gasteiger partial charge in [-0.3, -0.25) is 4.68 Å². The molecule has 0 spiro atoms. The molecule has 0 aromatic carbocycles. The molecule has 0 atom stereocenters. The van der Waals surface area contributed by atoms with Crippen molar-refractivity contribution in [3.63, 3.8) is 0 Å². The highest BCUT2D eigenvalue weighted by Gasteiger charge is 2.45. The van der Waals surface area contributed by atoms with Gasteiger partial charge in [0, 0.05) is 13.0 Å². The highest BCUT2D eigenvalue weighted by atomic mass is 32.2. The van der Waals surface area contributed by atoms with Gasteiger partial charge in [-0.25, -0.2) is 8.42 Å². The van der Waals surface area contributed by atoms with E-state index in [4.69, 9.17) is 4.52 Å². The van der Waals surface area contributed by atoms with Crippen LogP contribution < -0.4 is 4.72 Å². The van der Waals surface area contributed by atoms with Gasteiger partial charge in [-0.05, 0) is 31.7 Å². The van der Waals surface area contributed by atoms with E-state index in [2.05, 4.69) is 20.0 Å². The van der Waals surface area contributed by atoms with Gasteiger partial charge < -0.3 is 4.52 Å². The Kier molecular flexibility index (Phi) is 3.31. The molecular weight excluding hydrogens is 318 g/mol. The van der Waals surface area contributed by atoms with Crippen LogP contribution in [0, 0.1) is 0 Å². The van der Waals surface area contributed by atoms with Gasteiger partial charge >= 0.3 is 0 Å².